The number of carbonyl (C=O) groups is 4. The van der Waals surface area contributed by atoms with Crippen LogP contribution in [0.1, 0.15) is 39.5 Å². The van der Waals surface area contributed by atoms with Gasteiger partial charge in [-0.1, -0.05) is 24.6 Å². The van der Waals surface area contributed by atoms with Gasteiger partial charge in [-0.15, -0.1) is 20.2 Å². The molecule has 4 aliphatic carbocycles. The number of hydrogen-bond acceptors (Lipinski definition) is 15. The third-order valence-corrected chi connectivity index (χ3v) is 9.99. The monoisotopic (exact) mass is 659 g/mol. The predicted octanol–water partition coefficient (Wildman–Crippen LogP) is -0.317. The van der Waals surface area contributed by atoms with Crippen molar-refractivity contribution < 1.29 is 68.2 Å². The summed E-state index contributed by atoms with van der Waals surface area (Å²) in [6.45, 7) is -0.711. The molecule has 4 rings (SSSR count). The molecule has 18 nitrogen and oxygen atoms in total. The van der Waals surface area contributed by atoms with Crippen molar-refractivity contribution in [2.45, 2.75) is 69.1 Å². The minimum absolute atomic E-state index is 0.00151. The number of nitrogens with one attached hydrogen (secondary N) is 1. The number of amides is 1. The van der Waals surface area contributed by atoms with Gasteiger partial charge >= 0.3 is 12.1 Å². The lowest BCUT2D eigenvalue weighted by molar-refractivity contribution is -0.790. The van der Waals surface area contributed by atoms with Gasteiger partial charge in [0, 0.05) is 23.2 Å². The smallest absolute Gasteiger partial charge is 0.407 e. The van der Waals surface area contributed by atoms with Crippen LogP contribution in [0, 0.1) is 42.9 Å². The van der Waals surface area contributed by atoms with Crippen molar-refractivity contribution in [3.05, 3.63) is 44.0 Å². The highest BCUT2D eigenvalue weighted by Crippen LogP contribution is 2.69. The number of ether oxygens (including phenoxy) is 2. The summed E-state index contributed by atoms with van der Waals surface area (Å²) < 4.78 is 26.7. The first kappa shape index (κ1) is 34.6. The van der Waals surface area contributed by atoms with Gasteiger partial charge in [-0.2, -0.15) is 0 Å². The van der Waals surface area contributed by atoms with Crippen LogP contribution in [-0.4, -0.2) is 105 Å². The molecule has 0 radical (unpaired) electrons. The Morgan fingerprint density at radius 1 is 1.11 bits per heavy atom. The number of alkyl carbamates (subject to hydrolysis) is 1. The van der Waals surface area contributed by atoms with Gasteiger partial charge in [0.15, 0.2) is 29.8 Å². The first-order chi connectivity index (χ1) is 21.4. The molecule has 0 aliphatic heterocycles. The molecule has 0 saturated heterocycles. The Labute approximate surface area is 259 Å². The van der Waals surface area contributed by atoms with Gasteiger partial charge in [0.05, 0.1) is 12.2 Å². The van der Waals surface area contributed by atoms with Crippen molar-refractivity contribution >= 4 is 23.6 Å². The summed E-state index contributed by atoms with van der Waals surface area (Å²) >= 11 is 0. The summed E-state index contributed by atoms with van der Waals surface area (Å²) in [5, 5.41) is 54.2. The molecular formula is C27H34FN3O15. The zero-order chi connectivity index (χ0) is 34.2. The molecule has 2 fully saturated rings. The number of aliphatic hydroxyl groups is 3. The second-order valence-electron chi connectivity index (χ2n) is 12.3. The highest BCUT2D eigenvalue weighted by molar-refractivity contribution is 5.94. The molecule has 46 heavy (non-hydrogen) atoms. The second-order valence-corrected chi connectivity index (χ2v) is 12.3. The number of ketones is 2. The summed E-state index contributed by atoms with van der Waals surface area (Å²) in [7, 11) is 0. The second kappa shape index (κ2) is 12.5. The Morgan fingerprint density at radius 2 is 1.80 bits per heavy atom. The average Bonchev–Trinajstić information content (AvgIpc) is 3.18. The van der Waals surface area contributed by atoms with Crippen LogP contribution in [0.2, 0.25) is 0 Å². The first-order valence-corrected chi connectivity index (χ1v) is 14.3. The molecule has 0 aromatic rings. The van der Waals surface area contributed by atoms with E-state index >= 15 is 4.39 Å². The fraction of sp³-hybridized carbons (Fsp3) is 0.704. The topological polar surface area (TPSA) is 264 Å². The van der Waals surface area contributed by atoms with E-state index in [-0.39, 0.29) is 25.0 Å². The number of alkyl halides is 1. The number of rotatable bonds is 12. The van der Waals surface area contributed by atoms with Gasteiger partial charge in [0.1, 0.15) is 19.8 Å². The van der Waals surface area contributed by atoms with Crippen LogP contribution in [0.5, 0.6) is 0 Å². The first-order valence-electron chi connectivity index (χ1n) is 14.3. The molecule has 19 heteroatoms. The lowest BCUT2D eigenvalue weighted by Crippen LogP contribution is -2.69. The standard InChI is InChI=1S/C27H34FN3O15/c1-24-6-5-15(32)7-14(24)3-4-17-18-8-19(33)27(38,25(18,2)9-20(34)26(17,24)28)21(35)13-43-22(36)10-29-23(37)44-11-16(46-31(41)42)12-45-30(39)40/h3,5-6,16-20,33-34,38H,4,7-13H2,1-2H3,(H,29,37)/t16?,17-,18-,19+,20-,24-,25-,26-,27-/m0/s1. The number of fused-ring (bicyclic) bond motifs is 5. The number of allylic oxidation sites excluding steroid dienone is 4. The lowest BCUT2D eigenvalue weighted by Gasteiger charge is -2.61. The predicted molar refractivity (Wildman–Crippen MR) is 145 cm³/mol. The number of Topliss-reactive ketones (excluding diaryl/α,β-unsaturated/α-hetero) is 1. The number of nitrogens with zero attached hydrogens (tertiary/aromatic N) is 2. The molecule has 2 saturated carbocycles. The van der Waals surface area contributed by atoms with E-state index in [1.165, 1.54) is 19.1 Å². The fourth-order valence-corrected chi connectivity index (χ4v) is 7.68. The summed E-state index contributed by atoms with van der Waals surface area (Å²) in [4.78, 5) is 78.2. The van der Waals surface area contributed by atoms with Crippen LogP contribution >= 0.6 is 0 Å². The lowest BCUT2D eigenvalue weighted by atomic mass is 9.45. The minimum Gasteiger partial charge on any atom is -0.456 e. The van der Waals surface area contributed by atoms with E-state index < -0.39 is 113 Å². The maximum Gasteiger partial charge on any atom is 0.407 e. The van der Waals surface area contributed by atoms with E-state index in [1.807, 2.05) is 5.32 Å². The Balaban J connectivity index is 1.37. The molecule has 0 spiro atoms. The Hall–Kier alpha value is -4.23. The van der Waals surface area contributed by atoms with E-state index in [9.17, 15) is 54.7 Å². The maximum absolute atomic E-state index is 17.2. The van der Waals surface area contributed by atoms with E-state index in [1.54, 1.807) is 13.0 Å². The van der Waals surface area contributed by atoms with Crippen LogP contribution in [-0.2, 0) is 33.5 Å². The summed E-state index contributed by atoms with van der Waals surface area (Å²) in [5.74, 6) is -4.25. The molecule has 9 atom stereocenters. The van der Waals surface area contributed by atoms with Gasteiger partial charge in [0.25, 0.3) is 10.2 Å². The highest BCUT2D eigenvalue weighted by Gasteiger charge is 2.76. The number of aliphatic hydroxyl groups excluding tert-OH is 2. The SMILES string of the molecule is C[C@]12C=CC(=O)CC1=CC[C@H]1[C@@H]3C[C@@H](O)[C@](O)(C(=O)COC(=O)CNC(=O)OCC(CO[N+](=O)[O-])O[N+](=O)[O-])[C@@]3(C)C[C@H](O)[C@@]12F. The Kier molecular flexibility index (Phi) is 9.43. The van der Waals surface area contributed by atoms with Crippen molar-refractivity contribution in [2.75, 3.05) is 26.4 Å². The number of hydrogen-bond donors (Lipinski definition) is 4. The minimum atomic E-state index is -2.55. The van der Waals surface area contributed by atoms with Crippen molar-refractivity contribution in [1.29, 1.82) is 0 Å². The van der Waals surface area contributed by atoms with E-state index in [0.29, 0.717) is 5.57 Å². The van der Waals surface area contributed by atoms with Crippen molar-refractivity contribution in [3.63, 3.8) is 0 Å². The molecular weight excluding hydrogens is 625 g/mol. The largest absolute Gasteiger partial charge is 0.456 e. The molecule has 1 unspecified atom stereocenters. The molecule has 4 aliphatic rings. The van der Waals surface area contributed by atoms with Crippen LogP contribution in [0.4, 0.5) is 9.18 Å². The van der Waals surface area contributed by atoms with Gasteiger partial charge in [-0.3, -0.25) is 14.4 Å². The molecule has 254 valence electrons. The van der Waals surface area contributed by atoms with Crippen LogP contribution in [0.3, 0.4) is 0 Å². The molecule has 0 aromatic carbocycles. The zero-order valence-corrected chi connectivity index (χ0v) is 24.8. The number of halogens is 1. The summed E-state index contributed by atoms with van der Waals surface area (Å²) in [5.41, 5.74) is -7.16. The fourth-order valence-electron chi connectivity index (χ4n) is 7.68. The maximum atomic E-state index is 17.2. The Bertz CT molecular complexity index is 1370. The highest BCUT2D eigenvalue weighted by atomic mass is 19.1. The molecule has 4 N–H and O–H groups in total. The number of esters is 1. The van der Waals surface area contributed by atoms with Gasteiger partial charge in [-0.05, 0) is 38.2 Å². The quantitative estimate of drug-likeness (QED) is 0.0905. The molecule has 0 aromatic heterocycles. The summed E-state index contributed by atoms with van der Waals surface area (Å²) in [6.07, 6.45) is -2.45. The van der Waals surface area contributed by atoms with E-state index in [0.717, 1.165) is 0 Å². The van der Waals surface area contributed by atoms with Gasteiger partial charge in [-0.25, -0.2) is 9.18 Å². The summed E-state index contributed by atoms with van der Waals surface area (Å²) in [6, 6.07) is 0. The van der Waals surface area contributed by atoms with Crippen molar-refractivity contribution in [1.82, 2.24) is 5.32 Å². The Morgan fingerprint density at radius 3 is 2.46 bits per heavy atom. The van der Waals surface area contributed by atoms with E-state index in [4.69, 9.17) is 4.74 Å². The molecule has 0 heterocycles. The zero-order valence-electron chi connectivity index (χ0n) is 24.8. The molecule has 1 amide bonds. The van der Waals surface area contributed by atoms with Gasteiger partial charge in [0.2, 0.25) is 5.78 Å². The number of carbonyl (C=O) groups excluding carboxylic acids is 4. The third-order valence-electron chi connectivity index (χ3n) is 9.99. The van der Waals surface area contributed by atoms with Crippen molar-refractivity contribution in [2.24, 2.45) is 22.7 Å². The van der Waals surface area contributed by atoms with Crippen LogP contribution in [0.25, 0.3) is 0 Å². The van der Waals surface area contributed by atoms with Gasteiger partial charge < -0.3 is 39.8 Å². The average molecular weight is 660 g/mol. The third kappa shape index (κ3) is 5.77. The van der Waals surface area contributed by atoms with Crippen LogP contribution < -0.4 is 5.32 Å². The van der Waals surface area contributed by atoms with E-state index in [2.05, 4.69) is 14.4 Å². The normalized spacial score (nSPS) is 36.6. The van der Waals surface area contributed by atoms with Crippen LogP contribution in [0.15, 0.2) is 23.8 Å². The van der Waals surface area contributed by atoms with Crippen molar-refractivity contribution in [3.8, 4) is 0 Å². The molecule has 0 bridgehead atoms.